The van der Waals surface area contributed by atoms with Crippen molar-refractivity contribution >= 4 is 29.2 Å². The van der Waals surface area contributed by atoms with Crippen molar-refractivity contribution in [1.29, 1.82) is 0 Å². The number of nitrogens with zero attached hydrogens (tertiary/aromatic N) is 1. The molecule has 1 heterocycles. The zero-order chi connectivity index (χ0) is 17.4. The molecule has 0 bridgehead atoms. The Balaban J connectivity index is 1.83. The summed E-state index contributed by atoms with van der Waals surface area (Å²) in [7, 11) is 0. The normalized spacial score (nSPS) is 11.9. The maximum absolute atomic E-state index is 13.2. The van der Waals surface area contributed by atoms with Gasteiger partial charge in [0.05, 0.1) is 11.4 Å². The van der Waals surface area contributed by atoms with Crippen molar-refractivity contribution in [3.8, 4) is 11.1 Å². The summed E-state index contributed by atoms with van der Waals surface area (Å²) in [5, 5.41) is 3.34. The number of rotatable bonds is 2. The maximum atomic E-state index is 13.2. The van der Waals surface area contributed by atoms with Crippen molar-refractivity contribution in [2.45, 2.75) is 0 Å². The average molecular weight is 331 g/mol. The molecule has 0 atom stereocenters. The fourth-order valence-corrected chi connectivity index (χ4v) is 2.87. The number of carbonyl (C=O) groups is 1. The molecule has 0 saturated carbocycles. The fraction of sp³-hybridized carbons (Fsp3) is 0. The summed E-state index contributed by atoms with van der Waals surface area (Å²) in [6.07, 6.45) is 1.75. The van der Waals surface area contributed by atoms with Gasteiger partial charge in [-0.2, -0.15) is 0 Å². The lowest BCUT2D eigenvalue weighted by Gasteiger charge is -2.12. The number of primary amides is 1. The number of amides is 1. The Morgan fingerprint density at radius 1 is 1.00 bits per heavy atom. The summed E-state index contributed by atoms with van der Waals surface area (Å²) in [6.45, 7) is 0. The van der Waals surface area contributed by atoms with Crippen molar-refractivity contribution in [1.82, 2.24) is 0 Å². The zero-order valence-corrected chi connectivity index (χ0v) is 13.2. The van der Waals surface area contributed by atoms with E-state index in [1.807, 2.05) is 18.2 Å². The van der Waals surface area contributed by atoms with E-state index in [0.29, 0.717) is 11.3 Å². The lowest BCUT2D eigenvalue weighted by atomic mass is 9.98. The van der Waals surface area contributed by atoms with Gasteiger partial charge in [-0.05, 0) is 47.5 Å². The van der Waals surface area contributed by atoms with Crippen LogP contribution in [0.2, 0.25) is 0 Å². The second kappa shape index (κ2) is 5.87. The van der Waals surface area contributed by atoms with Crippen molar-refractivity contribution in [2.24, 2.45) is 10.7 Å². The molecule has 0 spiro atoms. The number of hydrogen-bond donors (Lipinski definition) is 2. The Labute approximate surface area is 143 Å². The Morgan fingerprint density at radius 2 is 1.80 bits per heavy atom. The number of nitrogens with two attached hydrogens (primary N) is 1. The third-order valence-electron chi connectivity index (χ3n) is 4.15. The van der Waals surface area contributed by atoms with Crippen LogP contribution in [0.5, 0.6) is 0 Å². The van der Waals surface area contributed by atoms with Gasteiger partial charge in [0.1, 0.15) is 5.82 Å². The molecule has 0 aromatic heterocycles. The molecule has 0 aliphatic carbocycles. The summed E-state index contributed by atoms with van der Waals surface area (Å²) in [5.74, 6) is -0.768. The van der Waals surface area contributed by atoms with E-state index in [1.54, 1.807) is 36.5 Å². The lowest BCUT2D eigenvalue weighted by molar-refractivity contribution is 0.100. The first-order valence-corrected chi connectivity index (χ1v) is 7.76. The molecule has 0 unspecified atom stereocenters. The van der Waals surface area contributed by atoms with E-state index in [1.165, 1.54) is 12.1 Å². The Bertz CT molecular complexity index is 1010. The van der Waals surface area contributed by atoms with Crippen LogP contribution in [0.4, 0.5) is 21.5 Å². The number of aliphatic imine (C=N–C) groups is 1. The summed E-state index contributed by atoms with van der Waals surface area (Å²) in [6, 6.07) is 17.3. The third-order valence-corrected chi connectivity index (χ3v) is 4.15. The monoisotopic (exact) mass is 331 g/mol. The molecule has 4 rings (SSSR count). The summed E-state index contributed by atoms with van der Waals surface area (Å²) in [4.78, 5) is 15.9. The second-order valence-electron chi connectivity index (χ2n) is 5.75. The van der Waals surface area contributed by atoms with Gasteiger partial charge in [0.2, 0.25) is 5.91 Å². The van der Waals surface area contributed by atoms with Gasteiger partial charge in [0.15, 0.2) is 0 Å². The van der Waals surface area contributed by atoms with Crippen molar-refractivity contribution in [3.63, 3.8) is 0 Å². The van der Waals surface area contributed by atoms with Gasteiger partial charge >= 0.3 is 0 Å². The maximum Gasteiger partial charge on any atom is 0.248 e. The van der Waals surface area contributed by atoms with Crippen LogP contribution in [0.15, 0.2) is 65.7 Å². The number of fused-ring (bicyclic) bond motifs is 2. The van der Waals surface area contributed by atoms with Crippen molar-refractivity contribution < 1.29 is 9.18 Å². The van der Waals surface area contributed by atoms with Gasteiger partial charge < -0.3 is 11.1 Å². The van der Waals surface area contributed by atoms with Crippen LogP contribution in [0, 0.1) is 5.82 Å². The average Bonchev–Trinajstić information content (AvgIpc) is 2.80. The van der Waals surface area contributed by atoms with Gasteiger partial charge in [-0.3, -0.25) is 9.79 Å². The van der Waals surface area contributed by atoms with Crippen molar-refractivity contribution in [2.75, 3.05) is 5.32 Å². The largest absolute Gasteiger partial charge is 0.366 e. The highest BCUT2D eigenvalue weighted by Gasteiger charge is 2.15. The lowest BCUT2D eigenvalue weighted by Crippen LogP contribution is -2.10. The highest BCUT2D eigenvalue weighted by Crippen LogP contribution is 2.36. The Kier molecular flexibility index (Phi) is 3.54. The van der Waals surface area contributed by atoms with E-state index in [-0.39, 0.29) is 5.82 Å². The van der Waals surface area contributed by atoms with Crippen molar-refractivity contribution in [3.05, 3.63) is 77.6 Å². The molecule has 1 aliphatic heterocycles. The minimum absolute atomic E-state index is 0.274. The van der Waals surface area contributed by atoms with E-state index in [4.69, 9.17) is 5.73 Å². The van der Waals surface area contributed by atoms with E-state index >= 15 is 0 Å². The Hall–Kier alpha value is -3.47. The number of hydrogen-bond acceptors (Lipinski definition) is 3. The van der Waals surface area contributed by atoms with Crippen LogP contribution in [-0.2, 0) is 0 Å². The summed E-state index contributed by atoms with van der Waals surface area (Å²) in [5.41, 5.74) is 10.8. The Morgan fingerprint density at radius 3 is 2.56 bits per heavy atom. The van der Waals surface area contributed by atoms with Gasteiger partial charge in [-0.1, -0.05) is 24.3 Å². The smallest absolute Gasteiger partial charge is 0.248 e. The predicted molar refractivity (Wildman–Crippen MR) is 97.3 cm³/mol. The molecule has 3 N–H and O–H groups in total. The number of benzene rings is 3. The van der Waals surface area contributed by atoms with Crippen LogP contribution in [-0.4, -0.2) is 12.1 Å². The molecule has 4 nitrogen and oxygen atoms in total. The first kappa shape index (κ1) is 15.1. The molecule has 3 aromatic carbocycles. The predicted octanol–water partition coefficient (Wildman–Crippen LogP) is 4.40. The summed E-state index contributed by atoms with van der Waals surface area (Å²) < 4.78 is 13.2. The van der Waals surface area contributed by atoms with Crippen LogP contribution in [0.1, 0.15) is 15.9 Å². The SMILES string of the molecule is NC(=O)c1ccc2c(c1)N=Cc1c(cccc1-c1ccc(F)cc1)N2. The first-order valence-electron chi connectivity index (χ1n) is 7.76. The van der Waals surface area contributed by atoms with Gasteiger partial charge in [-0.15, -0.1) is 0 Å². The number of carbonyl (C=O) groups excluding carboxylic acids is 1. The van der Waals surface area contributed by atoms with Crippen LogP contribution >= 0.6 is 0 Å². The topological polar surface area (TPSA) is 67.5 Å². The number of halogens is 1. The van der Waals surface area contributed by atoms with E-state index < -0.39 is 5.91 Å². The van der Waals surface area contributed by atoms with E-state index in [2.05, 4.69) is 10.3 Å². The molecule has 25 heavy (non-hydrogen) atoms. The van der Waals surface area contributed by atoms with Gasteiger partial charge in [0.25, 0.3) is 0 Å². The molecule has 1 aliphatic rings. The van der Waals surface area contributed by atoms with E-state index in [9.17, 15) is 9.18 Å². The molecule has 5 heteroatoms. The molecule has 3 aromatic rings. The second-order valence-corrected chi connectivity index (χ2v) is 5.75. The highest BCUT2D eigenvalue weighted by atomic mass is 19.1. The number of anilines is 2. The molecule has 122 valence electrons. The standard InChI is InChI=1S/C20H14FN3O/c21-14-7-4-12(5-8-14)15-2-1-3-17-16(15)11-23-19-10-13(20(22)25)6-9-18(19)24-17/h1-11,24H,(H2,22,25). The summed E-state index contributed by atoms with van der Waals surface area (Å²) >= 11 is 0. The van der Waals surface area contributed by atoms with Gasteiger partial charge in [0, 0.05) is 23.0 Å². The zero-order valence-electron chi connectivity index (χ0n) is 13.2. The van der Waals surface area contributed by atoms with Crippen LogP contribution in [0.3, 0.4) is 0 Å². The molecular weight excluding hydrogens is 317 g/mol. The first-order chi connectivity index (χ1) is 12.1. The molecule has 0 radical (unpaired) electrons. The van der Waals surface area contributed by atoms with Gasteiger partial charge in [-0.25, -0.2) is 4.39 Å². The van der Waals surface area contributed by atoms with E-state index in [0.717, 1.165) is 28.1 Å². The van der Waals surface area contributed by atoms with Crippen LogP contribution in [0.25, 0.3) is 11.1 Å². The molecule has 1 amide bonds. The molecular formula is C20H14FN3O. The molecule has 0 fully saturated rings. The quantitative estimate of drug-likeness (QED) is 0.572. The fourth-order valence-electron chi connectivity index (χ4n) is 2.87. The highest BCUT2D eigenvalue weighted by molar-refractivity contribution is 6.02. The third kappa shape index (κ3) is 2.76. The number of nitrogens with one attached hydrogen (secondary N) is 1. The minimum atomic E-state index is -0.494. The van der Waals surface area contributed by atoms with Crippen LogP contribution < -0.4 is 11.1 Å². The molecule has 0 saturated heterocycles. The minimum Gasteiger partial charge on any atom is -0.366 e.